The Labute approximate surface area is 112 Å². The first kappa shape index (κ1) is 13.7. The topological polar surface area (TPSA) is 12.0 Å². The molecular formula is C16H17F2N. The quantitative estimate of drug-likeness (QED) is 0.856. The molecule has 0 unspecified atom stereocenters. The van der Waals surface area contributed by atoms with E-state index in [1.165, 1.54) is 24.3 Å². The monoisotopic (exact) mass is 261 g/mol. The van der Waals surface area contributed by atoms with Crippen molar-refractivity contribution in [3.63, 3.8) is 0 Å². The average Bonchev–Trinajstić information content (AvgIpc) is 2.43. The van der Waals surface area contributed by atoms with Crippen LogP contribution in [0, 0.1) is 11.6 Å². The summed E-state index contributed by atoms with van der Waals surface area (Å²) in [6.07, 6.45) is 0.999. The molecule has 0 fully saturated rings. The van der Waals surface area contributed by atoms with E-state index < -0.39 is 0 Å². The van der Waals surface area contributed by atoms with Crippen LogP contribution in [-0.2, 0) is 0 Å². The second-order valence-electron chi connectivity index (χ2n) is 4.49. The number of hydrogen-bond donors (Lipinski definition) is 1. The van der Waals surface area contributed by atoms with E-state index in [0.717, 1.165) is 24.1 Å². The Morgan fingerprint density at radius 1 is 0.842 bits per heavy atom. The van der Waals surface area contributed by atoms with Crippen LogP contribution in [0.1, 0.15) is 30.5 Å². The third-order valence-corrected chi connectivity index (χ3v) is 3.01. The molecule has 2 aromatic carbocycles. The minimum Gasteiger partial charge on any atom is -0.306 e. The number of hydrogen-bond acceptors (Lipinski definition) is 1. The maximum absolute atomic E-state index is 13.0. The normalized spacial score (nSPS) is 10.9. The predicted molar refractivity (Wildman–Crippen MR) is 72.9 cm³/mol. The van der Waals surface area contributed by atoms with E-state index in [-0.39, 0.29) is 17.7 Å². The molecule has 100 valence electrons. The van der Waals surface area contributed by atoms with Crippen molar-refractivity contribution in [2.45, 2.75) is 19.4 Å². The zero-order valence-electron chi connectivity index (χ0n) is 10.9. The van der Waals surface area contributed by atoms with Gasteiger partial charge in [0.05, 0.1) is 6.04 Å². The molecule has 0 amide bonds. The molecule has 1 nitrogen and oxygen atoms in total. The lowest BCUT2D eigenvalue weighted by molar-refractivity contribution is 0.589. The summed E-state index contributed by atoms with van der Waals surface area (Å²) in [5.41, 5.74) is 1.95. The van der Waals surface area contributed by atoms with Crippen molar-refractivity contribution in [3.8, 4) is 0 Å². The zero-order chi connectivity index (χ0) is 13.7. The predicted octanol–water partition coefficient (Wildman–Crippen LogP) is 4.05. The fraction of sp³-hybridized carbons (Fsp3) is 0.250. The van der Waals surface area contributed by atoms with Crippen molar-refractivity contribution >= 4 is 0 Å². The van der Waals surface area contributed by atoms with Crippen molar-refractivity contribution in [3.05, 3.63) is 71.3 Å². The van der Waals surface area contributed by atoms with E-state index in [2.05, 4.69) is 12.2 Å². The molecule has 0 heterocycles. The van der Waals surface area contributed by atoms with Gasteiger partial charge >= 0.3 is 0 Å². The van der Waals surface area contributed by atoms with E-state index in [4.69, 9.17) is 0 Å². The number of nitrogens with one attached hydrogen (secondary N) is 1. The highest BCUT2D eigenvalue weighted by Crippen LogP contribution is 2.22. The third-order valence-electron chi connectivity index (χ3n) is 3.01. The maximum Gasteiger partial charge on any atom is 0.123 e. The van der Waals surface area contributed by atoms with E-state index in [1.807, 2.05) is 0 Å². The van der Waals surface area contributed by atoms with Gasteiger partial charge in [0.2, 0.25) is 0 Å². The molecule has 19 heavy (non-hydrogen) atoms. The van der Waals surface area contributed by atoms with Gasteiger partial charge in [-0.1, -0.05) is 31.2 Å². The first-order valence-electron chi connectivity index (χ1n) is 6.45. The van der Waals surface area contributed by atoms with Crippen LogP contribution < -0.4 is 5.32 Å². The Bertz CT molecular complexity index is 460. The molecule has 0 radical (unpaired) electrons. The third kappa shape index (κ3) is 3.61. The second-order valence-corrected chi connectivity index (χ2v) is 4.49. The highest BCUT2D eigenvalue weighted by molar-refractivity contribution is 5.32. The molecular weight excluding hydrogens is 244 g/mol. The minimum atomic E-state index is -0.253. The largest absolute Gasteiger partial charge is 0.306 e. The van der Waals surface area contributed by atoms with Crippen molar-refractivity contribution in [2.24, 2.45) is 0 Å². The molecule has 2 rings (SSSR count). The molecule has 0 aliphatic carbocycles. The first-order valence-corrected chi connectivity index (χ1v) is 6.45. The number of benzene rings is 2. The average molecular weight is 261 g/mol. The van der Waals surface area contributed by atoms with E-state index in [0.29, 0.717) is 0 Å². The summed E-state index contributed by atoms with van der Waals surface area (Å²) < 4.78 is 26.0. The molecule has 0 bridgehead atoms. The lowest BCUT2D eigenvalue weighted by Crippen LogP contribution is -2.23. The molecule has 0 aliphatic heterocycles. The van der Waals surface area contributed by atoms with Gasteiger partial charge in [-0.25, -0.2) is 8.78 Å². The SMILES string of the molecule is CCCNC(c1ccc(F)cc1)c1ccc(F)cc1. The summed E-state index contributed by atoms with van der Waals surface area (Å²) in [5, 5.41) is 3.40. The molecule has 2 aromatic rings. The van der Waals surface area contributed by atoms with E-state index >= 15 is 0 Å². The van der Waals surface area contributed by atoms with Crippen molar-refractivity contribution in [1.29, 1.82) is 0 Å². The van der Waals surface area contributed by atoms with Gasteiger partial charge in [-0.05, 0) is 48.4 Å². The zero-order valence-corrected chi connectivity index (χ0v) is 10.9. The highest BCUT2D eigenvalue weighted by atomic mass is 19.1. The van der Waals surface area contributed by atoms with Gasteiger partial charge in [0.15, 0.2) is 0 Å². The van der Waals surface area contributed by atoms with Gasteiger partial charge in [-0.2, -0.15) is 0 Å². The van der Waals surface area contributed by atoms with Gasteiger partial charge in [0.1, 0.15) is 11.6 Å². The van der Waals surface area contributed by atoms with Crippen LogP contribution in [0.3, 0.4) is 0 Å². The van der Waals surface area contributed by atoms with Crippen LogP contribution >= 0.6 is 0 Å². The molecule has 0 aliphatic rings. The fourth-order valence-electron chi connectivity index (χ4n) is 2.03. The Hall–Kier alpha value is -1.74. The lowest BCUT2D eigenvalue weighted by atomic mass is 9.98. The van der Waals surface area contributed by atoms with Crippen molar-refractivity contribution < 1.29 is 8.78 Å². The summed E-state index contributed by atoms with van der Waals surface area (Å²) in [5.74, 6) is -0.505. The maximum atomic E-state index is 13.0. The Kier molecular flexibility index (Phi) is 4.63. The molecule has 0 aromatic heterocycles. The van der Waals surface area contributed by atoms with Crippen LogP contribution in [0.15, 0.2) is 48.5 Å². The molecule has 0 saturated heterocycles. The second kappa shape index (κ2) is 6.43. The summed E-state index contributed by atoms with van der Waals surface area (Å²) >= 11 is 0. The van der Waals surface area contributed by atoms with Gasteiger partial charge in [0.25, 0.3) is 0 Å². The number of halogens is 2. The summed E-state index contributed by atoms with van der Waals surface area (Å²) in [4.78, 5) is 0. The summed E-state index contributed by atoms with van der Waals surface area (Å²) in [6.45, 7) is 2.93. The molecule has 0 atom stereocenters. The smallest absolute Gasteiger partial charge is 0.123 e. The van der Waals surface area contributed by atoms with Crippen LogP contribution in [0.5, 0.6) is 0 Å². The summed E-state index contributed by atoms with van der Waals surface area (Å²) in [7, 11) is 0. The lowest BCUT2D eigenvalue weighted by Gasteiger charge is -2.19. The van der Waals surface area contributed by atoms with Gasteiger partial charge in [-0.15, -0.1) is 0 Å². The van der Waals surface area contributed by atoms with E-state index in [9.17, 15) is 8.78 Å². The Morgan fingerprint density at radius 2 is 1.26 bits per heavy atom. The highest BCUT2D eigenvalue weighted by Gasteiger charge is 2.13. The Balaban J connectivity index is 2.29. The van der Waals surface area contributed by atoms with Gasteiger partial charge in [0, 0.05) is 0 Å². The molecule has 3 heteroatoms. The molecule has 1 N–H and O–H groups in total. The fourth-order valence-corrected chi connectivity index (χ4v) is 2.03. The van der Waals surface area contributed by atoms with Crippen LogP contribution in [0.4, 0.5) is 8.78 Å². The molecule has 0 saturated carbocycles. The Morgan fingerprint density at radius 3 is 1.63 bits per heavy atom. The van der Waals surface area contributed by atoms with Crippen molar-refractivity contribution in [1.82, 2.24) is 5.32 Å². The van der Waals surface area contributed by atoms with Crippen LogP contribution in [0.25, 0.3) is 0 Å². The first-order chi connectivity index (χ1) is 9.20. The van der Waals surface area contributed by atoms with Crippen molar-refractivity contribution in [2.75, 3.05) is 6.54 Å². The number of rotatable bonds is 5. The minimum absolute atomic E-state index is 0.0406. The van der Waals surface area contributed by atoms with Gasteiger partial charge < -0.3 is 5.32 Å². The van der Waals surface area contributed by atoms with E-state index in [1.54, 1.807) is 24.3 Å². The van der Waals surface area contributed by atoms with Crippen LogP contribution in [0.2, 0.25) is 0 Å². The van der Waals surface area contributed by atoms with Gasteiger partial charge in [-0.3, -0.25) is 0 Å². The summed E-state index contributed by atoms with van der Waals surface area (Å²) in [6, 6.07) is 12.8. The van der Waals surface area contributed by atoms with Crippen LogP contribution in [-0.4, -0.2) is 6.54 Å². The molecule has 0 spiro atoms. The standard InChI is InChI=1S/C16H17F2N/c1-2-11-19-16(12-3-7-14(17)8-4-12)13-5-9-15(18)10-6-13/h3-10,16,19H,2,11H2,1H3.